The van der Waals surface area contributed by atoms with Crippen molar-refractivity contribution in [3.05, 3.63) is 69.7 Å². The number of Topliss-reactive ketones (excluding diaryl/α,β-unsaturated/α-hetero) is 1. The van der Waals surface area contributed by atoms with Crippen molar-refractivity contribution in [1.29, 1.82) is 0 Å². The number of ketones is 1. The van der Waals surface area contributed by atoms with E-state index in [0.29, 0.717) is 23.0 Å². The molecule has 0 bridgehead atoms. The number of likely N-dealkylation sites (tertiary alicyclic amines) is 1. The molecule has 3 rings (SSSR count). The summed E-state index contributed by atoms with van der Waals surface area (Å²) in [5, 5.41) is 1.38. The number of rotatable bonds is 5. The third-order valence-corrected chi connectivity index (χ3v) is 5.15. The minimum atomic E-state index is 0.202. The number of hydrogen-bond acceptors (Lipinski definition) is 2. The van der Waals surface area contributed by atoms with E-state index in [-0.39, 0.29) is 11.8 Å². The molecule has 1 aliphatic heterocycles. The van der Waals surface area contributed by atoms with E-state index in [1.54, 1.807) is 0 Å². The lowest BCUT2D eigenvalue weighted by Crippen LogP contribution is -2.31. The molecule has 2 aromatic rings. The van der Waals surface area contributed by atoms with Crippen molar-refractivity contribution >= 4 is 29.0 Å². The molecule has 0 aliphatic carbocycles. The van der Waals surface area contributed by atoms with Gasteiger partial charge in [-0.15, -0.1) is 0 Å². The highest BCUT2D eigenvalue weighted by molar-refractivity contribution is 6.35. The monoisotopic (exact) mass is 347 g/mol. The smallest absolute Gasteiger partial charge is 0.164 e. The summed E-state index contributed by atoms with van der Waals surface area (Å²) >= 11 is 12.6. The zero-order chi connectivity index (χ0) is 16.2. The normalized spacial score (nSPS) is 18.3. The van der Waals surface area contributed by atoms with Crippen LogP contribution in [0.25, 0.3) is 0 Å². The van der Waals surface area contributed by atoms with E-state index < -0.39 is 0 Å². The Kier molecular flexibility index (Phi) is 5.37. The standard InChI is InChI=1S/C19H19Cl2NO/c20-17-9-4-10-18(21)16(17)13-22-11-5-8-15(22)12-19(23)14-6-2-1-3-7-14/h1-4,6-7,9-10,15H,5,8,11-13H2. The van der Waals surface area contributed by atoms with Crippen LogP contribution in [0.5, 0.6) is 0 Å². The van der Waals surface area contributed by atoms with Crippen molar-refractivity contribution in [2.75, 3.05) is 6.54 Å². The third-order valence-electron chi connectivity index (χ3n) is 4.44. The van der Waals surface area contributed by atoms with Gasteiger partial charge in [0.25, 0.3) is 0 Å². The molecule has 0 spiro atoms. The molecule has 0 saturated carbocycles. The zero-order valence-electron chi connectivity index (χ0n) is 12.8. The van der Waals surface area contributed by atoms with Crippen LogP contribution in [-0.4, -0.2) is 23.3 Å². The second kappa shape index (κ2) is 7.48. The zero-order valence-corrected chi connectivity index (χ0v) is 14.4. The average molecular weight is 348 g/mol. The highest BCUT2D eigenvalue weighted by Crippen LogP contribution is 2.30. The van der Waals surface area contributed by atoms with Crippen LogP contribution >= 0.6 is 23.2 Å². The van der Waals surface area contributed by atoms with Gasteiger partial charge in [0.05, 0.1) is 0 Å². The SMILES string of the molecule is O=C(CC1CCCN1Cc1c(Cl)cccc1Cl)c1ccccc1. The predicted molar refractivity (Wildman–Crippen MR) is 95.3 cm³/mol. The number of hydrogen-bond donors (Lipinski definition) is 0. The fourth-order valence-electron chi connectivity index (χ4n) is 3.18. The highest BCUT2D eigenvalue weighted by Gasteiger charge is 2.27. The van der Waals surface area contributed by atoms with Gasteiger partial charge in [0.15, 0.2) is 5.78 Å². The molecule has 2 nitrogen and oxygen atoms in total. The second-order valence-corrected chi connectivity index (χ2v) is 6.77. The number of carbonyl (C=O) groups excluding carboxylic acids is 1. The summed E-state index contributed by atoms with van der Waals surface area (Å²) in [4.78, 5) is 14.8. The first-order chi connectivity index (χ1) is 11.1. The fraction of sp³-hybridized carbons (Fsp3) is 0.316. The lowest BCUT2D eigenvalue weighted by Gasteiger charge is -2.25. The van der Waals surface area contributed by atoms with Gasteiger partial charge in [0, 0.05) is 40.2 Å². The van der Waals surface area contributed by atoms with Crippen LogP contribution in [0.1, 0.15) is 35.2 Å². The van der Waals surface area contributed by atoms with Gasteiger partial charge in [0.1, 0.15) is 0 Å². The largest absolute Gasteiger partial charge is 0.296 e. The topological polar surface area (TPSA) is 20.3 Å². The lowest BCUT2D eigenvalue weighted by atomic mass is 10.0. The van der Waals surface area contributed by atoms with Crippen LogP contribution in [-0.2, 0) is 6.54 Å². The van der Waals surface area contributed by atoms with Gasteiger partial charge in [-0.25, -0.2) is 0 Å². The van der Waals surface area contributed by atoms with Gasteiger partial charge in [-0.05, 0) is 31.5 Å². The van der Waals surface area contributed by atoms with Crippen molar-refractivity contribution in [2.24, 2.45) is 0 Å². The number of nitrogens with zero attached hydrogens (tertiary/aromatic N) is 1. The second-order valence-electron chi connectivity index (χ2n) is 5.96. The summed E-state index contributed by atoms with van der Waals surface area (Å²) in [5.74, 6) is 0.202. The van der Waals surface area contributed by atoms with Crippen molar-refractivity contribution in [3.8, 4) is 0 Å². The van der Waals surface area contributed by atoms with Crippen LogP contribution in [0.2, 0.25) is 10.0 Å². The Morgan fingerprint density at radius 2 is 1.74 bits per heavy atom. The summed E-state index contributed by atoms with van der Waals surface area (Å²) in [6.45, 7) is 1.68. The summed E-state index contributed by atoms with van der Waals surface area (Å²) < 4.78 is 0. The summed E-state index contributed by atoms with van der Waals surface area (Å²) in [6, 6.07) is 15.3. The van der Waals surface area contributed by atoms with Crippen molar-refractivity contribution < 1.29 is 4.79 Å². The first-order valence-electron chi connectivity index (χ1n) is 7.90. The Labute approximate surface area is 147 Å². The maximum atomic E-state index is 12.5. The Morgan fingerprint density at radius 1 is 1.04 bits per heavy atom. The molecule has 0 radical (unpaired) electrons. The summed E-state index contributed by atoms with van der Waals surface area (Å²) in [7, 11) is 0. The van der Waals surface area contributed by atoms with Gasteiger partial charge in [-0.3, -0.25) is 9.69 Å². The van der Waals surface area contributed by atoms with E-state index in [2.05, 4.69) is 4.90 Å². The lowest BCUT2D eigenvalue weighted by molar-refractivity contribution is 0.0938. The number of benzene rings is 2. The predicted octanol–water partition coefficient (Wildman–Crippen LogP) is 5.23. The van der Waals surface area contributed by atoms with Crippen LogP contribution in [0, 0.1) is 0 Å². The van der Waals surface area contributed by atoms with Crippen LogP contribution < -0.4 is 0 Å². The third kappa shape index (κ3) is 3.95. The molecule has 1 atom stereocenters. The molecule has 120 valence electrons. The molecule has 0 N–H and O–H groups in total. The van der Waals surface area contributed by atoms with E-state index in [4.69, 9.17) is 23.2 Å². The van der Waals surface area contributed by atoms with E-state index in [0.717, 1.165) is 30.5 Å². The quantitative estimate of drug-likeness (QED) is 0.690. The maximum Gasteiger partial charge on any atom is 0.164 e. The van der Waals surface area contributed by atoms with Crippen molar-refractivity contribution in [1.82, 2.24) is 4.90 Å². The molecule has 1 heterocycles. The average Bonchev–Trinajstić information content (AvgIpc) is 2.99. The number of carbonyl (C=O) groups is 1. The number of halogens is 2. The Balaban J connectivity index is 1.70. The Morgan fingerprint density at radius 3 is 2.43 bits per heavy atom. The van der Waals surface area contributed by atoms with Crippen LogP contribution in [0.4, 0.5) is 0 Å². The fourth-order valence-corrected chi connectivity index (χ4v) is 3.69. The van der Waals surface area contributed by atoms with E-state index in [1.165, 1.54) is 0 Å². The van der Waals surface area contributed by atoms with Crippen molar-refractivity contribution in [3.63, 3.8) is 0 Å². The minimum Gasteiger partial charge on any atom is -0.296 e. The van der Waals surface area contributed by atoms with E-state index in [1.807, 2.05) is 48.5 Å². The molecule has 1 unspecified atom stereocenters. The summed E-state index contributed by atoms with van der Waals surface area (Å²) in [6.07, 6.45) is 2.70. The van der Waals surface area contributed by atoms with Gasteiger partial charge in [0.2, 0.25) is 0 Å². The maximum absolute atomic E-state index is 12.5. The summed E-state index contributed by atoms with van der Waals surface area (Å²) in [5.41, 5.74) is 1.74. The molecular weight excluding hydrogens is 329 g/mol. The first-order valence-corrected chi connectivity index (χ1v) is 8.66. The van der Waals surface area contributed by atoms with E-state index >= 15 is 0 Å². The molecule has 1 saturated heterocycles. The van der Waals surface area contributed by atoms with Gasteiger partial charge in [-0.2, -0.15) is 0 Å². The van der Waals surface area contributed by atoms with Crippen molar-refractivity contribution in [2.45, 2.75) is 31.8 Å². The molecule has 23 heavy (non-hydrogen) atoms. The Hall–Kier alpha value is -1.35. The minimum absolute atomic E-state index is 0.202. The molecule has 1 fully saturated rings. The van der Waals surface area contributed by atoms with Gasteiger partial charge < -0.3 is 0 Å². The van der Waals surface area contributed by atoms with Gasteiger partial charge >= 0.3 is 0 Å². The molecule has 0 amide bonds. The first kappa shape index (κ1) is 16.5. The molecule has 0 aromatic heterocycles. The molecular formula is C19H19Cl2NO. The molecule has 2 aromatic carbocycles. The van der Waals surface area contributed by atoms with E-state index in [9.17, 15) is 4.79 Å². The molecule has 1 aliphatic rings. The highest BCUT2D eigenvalue weighted by atomic mass is 35.5. The van der Waals surface area contributed by atoms with Crippen LogP contribution in [0.15, 0.2) is 48.5 Å². The molecule has 4 heteroatoms. The van der Waals surface area contributed by atoms with Gasteiger partial charge in [-0.1, -0.05) is 59.6 Å². The van der Waals surface area contributed by atoms with Crippen LogP contribution in [0.3, 0.4) is 0 Å². The Bertz CT molecular complexity index is 667.